The molecule has 0 radical (unpaired) electrons. The Labute approximate surface area is 229 Å². The van der Waals surface area contributed by atoms with Crippen molar-refractivity contribution in [3.8, 4) is 11.5 Å². The minimum absolute atomic E-state index is 0.0452. The van der Waals surface area contributed by atoms with Gasteiger partial charge in [0, 0.05) is 11.1 Å². The zero-order valence-corrected chi connectivity index (χ0v) is 21.9. The highest BCUT2D eigenvalue weighted by Crippen LogP contribution is 2.50. The molecule has 0 fully saturated rings. The third-order valence-corrected chi connectivity index (χ3v) is 8.26. The SMILES string of the molecule is O=S(=O)(Oc1ccc2ccc(OS(=O)(=O)C(F)(F)F)c3c2c1C(c1ccccc1)NC3c1ccccc1)C(F)(F)F. The van der Waals surface area contributed by atoms with E-state index in [1.807, 2.05) is 0 Å². The number of hydrogen-bond donors (Lipinski definition) is 1. The molecule has 0 aliphatic carbocycles. The molecule has 2 atom stereocenters. The molecule has 5 rings (SSSR count). The molecular formula is C26H17F6NO6S2. The molecule has 1 aliphatic heterocycles. The Balaban J connectivity index is 1.88. The summed E-state index contributed by atoms with van der Waals surface area (Å²) in [6, 6.07) is 18.4. The van der Waals surface area contributed by atoms with E-state index in [2.05, 4.69) is 13.7 Å². The third-order valence-electron chi connectivity index (χ3n) is 6.33. The van der Waals surface area contributed by atoms with Gasteiger partial charge in [-0.15, -0.1) is 0 Å². The van der Waals surface area contributed by atoms with Crippen LogP contribution in [-0.2, 0) is 20.2 Å². The molecule has 4 aromatic rings. The van der Waals surface area contributed by atoms with Gasteiger partial charge in [-0.25, -0.2) is 0 Å². The molecule has 1 aliphatic rings. The van der Waals surface area contributed by atoms with Gasteiger partial charge in [0.05, 0.1) is 12.1 Å². The average Bonchev–Trinajstić information content (AvgIpc) is 2.90. The van der Waals surface area contributed by atoms with Crippen molar-refractivity contribution >= 4 is 31.0 Å². The van der Waals surface area contributed by atoms with Crippen LogP contribution in [-0.4, -0.2) is 27.9 Å². The fourth-order valence-corrected chi connectivity index (χ4v) is 5.59. The standard InChI is InChI=1S/C26H17F6NO6S2/c27-25(28,29)40(34,35)38-18-13-11-15-12-14-19(39-41(36,37)26(30,31)32)22-20(15)21(18)23(16-7-3-1-4-8-16)33-24(22)17-9-5-2-6-10-17/h1-14,23-24,33H. The molecule has 0 saturated heterocycles. The number of rotatable bonds is 6. The van der Waals surface area contributed by atoms with Crippen LogP contribution in [0.25, 0.3) is 10.8 Å². The molecule has 15 heteroatoms. The molecular weight excluding hydrogens is 600 g/mol. The largest absolute Gasteiger partial charge is 0.534 e. The quantitative estimate of drug-likeness (QED) is 0.159. The van der Waals surface area contributed by atoms with Gasteiger partial charge in [0.1, 0.15) is 11.5 Å². The Morgan fingerprint density at radius 1 is 0.561 bits per heavy atom. The normalized spacial score (nSPS) is 17.8. The van der Waals surface area contributed by atoms with E-state index >= 15 is 0 Å². The van der Waals surface area contributed by atoms with E-state index < -0.39 is 54.8 Å². The lowest BCUT2D eigenvalue weighted by Gasteiger charge is -2.36. The summed E-state index contributed by atoms with van der Waals surface area (Å²) in [4.78, 5) is 0. The smallest absolute Gasteiger partial charge is 0.376 e. The van der Waals surface area contributed by atoms with Gasteiger partial charge in [-0.1, -0.05) is 72.8 Å². The summed E-state index contributed by atoms with van der Waals surface area (Å²) in [5.74, 6) is -1.53. The Hall–Kier alpha value is -3.82. The second kappa shape index (κ2) is 9.92. The number of nitrogens with one attached hydrogen (secondary N) is 1. The summed E-state index contributed by atoms with van der Waals surface area (Å²) in [5.41, 5.74) is -11.1. The Morgan fingerprint density at radius 3 is 1.27 bits per heavy atom. The van der Waals surface area contributed by atoms with Gasteiger partial charge in [0.15, 0.2) is 0 Å². The molecule has 0 bridgehead atoms. The summed E-state index contributed by atoms with van der Waals surface area (Å²) in [5, 5.41) is 3.32. The lowest BCUT2D eigenvalue weighted by Crippen LogP contribution is -2.35. The minimum atomic E-state index is -6.17. The molecule has 0 aromatic heterocycles. The predicted octanol–water partition coefficient (Wildman–Crippen LogP) is 6.08. The van der Waals surface area contributed by atoms with Crippen LogP contribution in [0, 0.1) is 0 Å². The molecule has 7 nitrogen and oxygen atoms in total. The van der Waals surface area contributed by atoms with E-state index in [0.717, 1.165) is 12.1 Å². The monoisotopic (exact) mass is 617 g/mol. The predicted molar refractivity (Wildman–Crippen MR) is 135 cm³/mol. The van der Waals surface area contributed by atoms with E-state index in [0.29, 0.717) is 11.1 Å². The van der Waals surface area contributed by atoms with Crippen molar-refractivity contribution in [3.05, 3.63) is 107 Å². The second-order valence-corrected chi connectivity index (χ2v) is 11.9. The maximum Gasteiger partial charge on any atom is 0.534 e. The fourth-order valence-electron chi connectivity index (χ4n) is 4.63. The zero-order chi connectivity index (χ0) is 29.8. The number of hydrogen-bond acceptors (Lipinski definition) is 7. The summed E-state index contributed by atoms with van der Waals surface area (Å²) < 4.78 is 137. The summed E-state index contributed by atoms with van der Waals surface area (Å²) in [7, 11) is -12.3. The van der Waals surface area contributed by atoms with Crippen LogP contribution in [0.15, 0.2) is 84.9 Å². The number of alkyl halides is 6. The van der Waals surface area contributed by atoms with E-state index in [9.17, 15) is 43.2 Å². The number of benzene rings is 4. The van der Waals surface area contributed by atoms with Crippen molar-refractivity contribution in [3.63, 3.8) is 0 Å². The van der Waals surface area contributed by atoms with E-state index in [4.69, 9.17) is 0 Å². The van der Waals surface area contributed by atoms with Crippen molar-refractivity contribution < 1.29 is 51.5 Å². The molecule has 4 aromatic carbocycles. The van der Waals surface area contributed by atoms with E-state index in [-0.39, 0.29) is 21.9 Å². The van der Waals surface area contributed by atoms with Crippen molar-refractivity contribution in [2.24, 2.45) is 0 Å². The lowest BCUT2D eigenvalue weighted by molar-refractivity contribution is -0.0504. The lowest BCUT2D eigenvalue weighted by atomic mass is 9.81. The summed E-state index contributed by atoms with van der Waals surface area (Å²) >= 11 is 0. The minimum Gasteiger partial charge on any atom is -0.376 e. The van der Waals surface area contributed by atoms with Crippen LogP contribution >= 0.6 is 0 Å². The van der Waals surface area contributed by atoms with E-state index in [1.165, 1.54) is 12.1 Å². The van der Waals surface area contributed by atoms with Crippen molar-refractivity contribution in [2.45, 2.75) is 23.1 Å². The van der Waals surface area contributed by atoms with Gasteiger partial charge in [-0.05, 0) is 34.0 Å². The Kier molecular flexibility index (Phi) is 6.94. The highest BCUT2D eigenvalue weighted by Gasteiger charge is 2.51. The number of halogens is 6. The topological polar surface area (TPSA) is 98.8 Å². The van der Waals surface area contributed by atoms with Crippen LogP contribution in [0.1, 0.15) is 34.3 Å². The van der Waals surface area contributed by atoms with Gasteiger partial charge in [0.2, 0.25) is 0 Å². The van der Waals surface area contributed by atoms with Crippen molar-refractivity contribution in [1.82, 2.24) is 5.32 Å². The average molecular weight is 618 g/mol. The van der Waals surface area contributed by atoms with Crippen molar-refractivity contribution in [2.75, 3.05) is 0 Å². The highest BCUT2D eigenvalue weighted by molar-refractivity contribution is 7.88. The van der Waals surface area contributed by atoms with Gasteiger partial charge < -0.3 is 8.37 Å². The van der Waals surface area contributed by atoms with Gasteiger partial charge in [0.25, 0.3) is 0 Å². The summed E-state index contributed by atoms with van der Waals surface area (Å²) in [6.45, 7) is 0. The van der Waals surface area contributed by atoms with Gasteiger partial charge in [-0.3, -0.25) is 5.32 Å². The van der Waals surface area contributed by atoms with Crippen LogP contribution in [0.5, 0.6) is 11.5 Å². The molecule has 0 amide bonds. The van der Waals surface area contributed by atoms with Crippen LogP contribution < -0.4 is 13.7 Å². The van der Waals surface area contributed by atoms with Crippen LogP contribution in [0.2, 0.25) is 0 Å². The third kappa shape index (κ3) is 5.20. The van der Waals surface area contributed by atoms with Crippen LogP contribution in [0.4, 0.5) is 26.3 Å². The molecule has 0 spiro atoms. The first-order valence-corrected chi connectivity index (χ1v) is 14.4. The Bertz CT molecular complexity index is 1700. The first-order chi connectivity index (χ1) is 19.1. The highest BCUT2D eigenvalue weighted by atomic mass is 32.2. The molecule has 1 heterocycles. The van der Waals surface area contributed by atoms with Gasteiger partial charge in [-0.2, -0.15) is 43.2 Å². The van der Waals surface area contributed by atoms with E-state index in [1.54, 1.807) is 60.7 Å². The maximum atomic E-state index is 13.3. The summed E-state index contributed by atoms with van der Waals surface area (Å²) in [6.07, 6.45) is 0. The molecule has 0 saturated carbocycles. The Morgan fingerprint density at radius 2 is 0.927 bits per heavy atom. The van der Waals surface area contributed by atoms with Gasteiger partial charge >= 0.3 is 31.3 Å². The molecule has 2 unspecified atom stereocenters. The maximum absolute atomic E-state index is 13.3. The molecule has 216 valence electrons. The zero-order valence-electron chi connectivity index (χ0n) is 20.3. The molecule has 41 heavy (non-hydrogen) atoms. The second-order valence-electron chi connectivity index (χ2n) is 8.87. The first-order valence-electron chi connectivity index (χ1n) is 11.6. The fraction of sp³-hybridized carbons (Fsp3) is 0.154. The van der Waals surface area contributed by atoms with Crippen molar-refractivity contribution in [1.29, 1.82) is 0 Å². The molecule has 1 N–H and O–H groups in total. The first kappa shape index (κ1) is 28.7. The van der Waals surface area contributed by atoms with Crippen LogP contribution in [0.3, 0.4) is 0 Å².